The number of hydrogen-bond acceptors (Lipinski definition) is 7. The quantitative estimate of drug-likeness (QED) is 0.528. The van der Waals surface area contributed by atoms with Crippen molar-refractivity contribution in [2.75, 3.05) is 6.61 Å². The van der Waals surface area contributed by atoms with Crippen LogP contribution in [0, 0.1) is 13.8 Å². The fourth-order valence-electron chi connectivity index (χ4n) is 2.83. The highest BCUT2D eigenvalue weighted by molar-refractivity contribution is 7.09. The van der Waals surface area contributed by atoms with E-state index in [4.69, 9.17) is 20.0 Å². The Hall–Kier alpha value is -2.91. The number of fused-ring (bicyclic) bond motifs is 1. The van der Waals surface area contributed by atoms with Crippen LogP contribution in [0.4, 0.5) is 0 Å². The Kier molecular flexibility index (Phi) is 5.96. The number of hydrogen-bond donors (Lipinski definition) is 3. The molecule has 0 aliphatic carbocycles. The predicted octanol–water partition coefficient (Wildman–Crippen LogP) is 2.05. The molecule has 9 heteroatoms. The topological polar surface area (TPSA) is 128 Å². The van der Waals surface area contributed by atoms with Crippen LogP contribution >= 0.6 is 11.3 Å². The number of nitrogens with two attached hydrogens (primary N) is 1. The summed E-state index contributed by atoms with van der Waals surface area (Å²) < 4.78 is 11.5. The van der Waals surface area contributed by atoms with Crippen LogP contribution in [0.2, 0.25) is 0 Å². The molecule has 0 aliphatic heterocycles. The van der Waals surface area contributed by atoms with E-state index < -0.39 is 17.9 Å². The molecule has 0 saturated carbocycles. The van der Waals surface area contributed by atoms with Crippen molar-refractivity contribution in [3.8, 4) is 5.75 Å². The highest BCUT2D eigenvalue weighted by atomic mass is 32.1. The molecule has 0 spiro atoms. The van der Waals surface area contributed by atoms with Gasteiger partial charge in [0.2, 0.25) is 5.91 Å². The highest BCUT2D eigenvalue weighted by Gasteiger charge is 2.23. The van der Waals surface area contributed by atoms with Gasteiger partial charge in [0.1, 0.15) is 29.7 Å². The van der Waals surface area contributed by atoms with Crippen LogP contribution in [0.3, 0.4) is 0 Å². The zero-order valence-corrected chi connectivity index (χ0v) is 16.3. The van der Waals surface area contributed by atoms with E-state index in [1.807, 2.05) is 6.92 Å². The SMILES string of the molecule is Cc1ncsc1COc1ccc2oc(C)c(C(=O)NC(CCO)C(N)=O)c2c1. The highest BCUT2D eigenvalue weighted by Crippen LogP contribution is 2.30. The lowest BCUT2D eigenvalue weighted by Gasteiger charge is -2.14. The molecule has 0 bridgehead atoms. The summed E-state index contributed by atoms with van der Waals surface area (Å²) in [5, 5.41) is 12.2. The molecular weight excluding hydrogens is 382 g/mol. The number of carbonyl (C=O) groups is 2. The van der Waals surface area contributed by atoms with Crippen molar-refractivity contribution < 1.29 is 23.8 Å². The summed E-state index contributed by atoms with van der Waals surface area (Å²) in [4.78, 5) is 29.4. The van der Waals surface area contributed by atoms with Crippen LogP contribution in [0.25, 0.3) is 11.0 Å². The molecule has 2 aromatic heterocycles. The number of nitrogens with zero attached hydrogens (tertiary/aromatic N) is 1. The van der Waals surface area contributed by atoms with Gasteiger partial charge in [-0.1, -0.05) is 0 Å². The van der Waals surface area contributed by atoms with Crippen LogP contribution in [-0.4, -0.2) is 34.6 Å². The van der Waals surface area contributed by atoms with E-state index in [1.54, 1.807) is 30.6 Å². The standard InChI is InChI=1S/C19H21N3O5S/c1-10-16(28-9-21-10)8-26-12-3-4-15-13(7-12)17(11(2)27-15)19(25)22-14(5-6-23)18(20)24/h3-4,7,9,14,23H,5-6,8H2,1-2H3,(H2,20,24)(H,22,25). The molecule has 4 N–H and O–H groups in total. The second-order valence-corrected chi connectivity index (χ2v) is 7.22. The van der Waals surface area contributed by atoms with Crippen LogP contribution in [0.15, 0.2) is 28.1 Å². The number of nitrogens with one attached hydrogen (secondary N) is 1. The van der Waals surface area contributed by atoms with Gasteiger partial charge in [0.25, 0.3) is 5.91 Å². The normalized spacial score (nSPS) is 12.1. The first-order valence-corrected chi connectivity index (χ1v) is 9.54. The molecule has 148 valence electrons. The molecule has 1 aromatic carbocycles. The molecule has 2 heterocycles. The molecule has 1 atom stereocenters. The smallest absolute Gasteiger partial charge is 0.256 e. The fourth-order valence-corrected chi connectivity index (χ4v) is 3.52. The zero-order chi connectivity index (χ0) is 20.3. The van der Waals surface area contributed by atoms with E-state index in [0.717, 1.165) is 10.6 Å². The van der Waals surface area contributed by atoms with Crippen LogP contribution in [-0.2, 0) is 11.4 Å². The molecule has 8 nitrogen and oxygen atoms in total. The van der Waals surface area contributed by atoms with Gasteiger partial charge in [-0.2, -0.15) is 0 Å². The lowest BCUT2D eigenvalue weighted by atomic mass is 10.1. The molecule has 3 rings (SSSR count). The van der Waals surface area contributed by atoms with Crippen molar-refractivity contribution in [3.05, 3.63) is 45.6 Å². The van der Waals surface area contributed by atoms with E-state index in [1.165, 1.54) is 11.3 Å². The van der Waals surface area contributed by atoms with E-state index >= 15 is 0 Å². The van der Waals surface area contributed by atoms with Gasteiger partial charge in [-0.15, -0.1) is 11.3 Å². The van der Waals surface area contributed by atoms with E-state index in [-0.39, 0.29) is 13.0 Å². The number of amides is 2. The molecule has 3 aromatic rings. The van der Waals surface area contributed by atoms with Crippen LogP contribution in [0.1, 0.15) is 33.1 Å². The first-order chi connectivity index (χ1) is 13.4. The Morgan fingerprint density at radius 1 is 1.39 bits per heavy atom. The van der Waals surface area contributed by atoms with Gasteiger partial charge < -0.3 is 25.3 Å². The fraction of sp³-hybridized carbons (Fsp3) is 0.316. The Morgan fingerprint density at radius 2 is 2.18 bits per heavy atom. The first kappa shape index (κ1) is 19.8. The van der Waals surface area contributed by atoms with E-state index in [9.17, 15) is 9.59 Å². The third-order valence-corrected chi connectivity index (χ3v) is 5.25. The molecule has 0 aliphatic rings. The molecule has 0 radical (unpaired) electrons. The van der Waals surface area contributed by atoms with Crippen molar-refractivity contribution in [2.24, 2.45) is 5.73 Å². The van der Waals surface area contributed by atoms with E-state index in [0.29, 0.717) is 34.6 Å². The summed E-state index contributed by atoms with van der Waals surface area (Å²) in [6.07, 6.45) is 0.0401. The van der Waals surface area contributed by atoms with Crippen molar-refractivity contribution >= 4 is 34.1 Å². The second kappa shape index (κ2) is 8.41. The molecule has 1 unspecified atom stereocenters. The average Bonchev–Trinajstić information content (AvgIpc) is 3.20. The van der Waals surface area contributed by atoms with E-state index in [2.05, 4.69) is 10.3 Å². The Bertz CT molecular complexity index is 1010. The number of furan rings is 1. The largest absolute Gasteiger partial charge is 0.488 e. The number of aromatic nitrogens is 1. The van der Waals surface area contributed by atoms with Crippen molar-refractivity contribution in [1.82, 2.24) is 10.3 Å². The molecule has 2 amide bonds. The molecule has 0 fully saturated rings. The predicted molar refractivity (Wildman–Crippen MR) is 104 cm³/mol. The number of aryl methyl sites for hydroxylation is 2. The summed E-state index contributed by atoms with van der Waals surface area (Å²) in [5.74, 6) is -0.215. The van der Waals surface area contributed by atoms with Crippen LogP contribution in [0.5, 0.6) is 5.75 Å². The maximum Gasteiger partial charge on any atom is 0.256 e. The maximum atomic E-state index is 12.7. The van der Waals surface area contributed by atoms with Gasteiger partial charge in [-0.25, -0.2) is 4.98 Å². The number of thiazole rings is 1. The summed E-state index contributed by atoms with van der Waals surface area (Å²) >= 11 is 1.52. The van der Waals surface area contributed by atoms with Gasteiger partial charge in [0, 0.05) is 12.0 Å². The zero-order valence-electron chi connectivity index (χ0n) is 15.5. The minimum Gasteiger partial charge on any atom is -0.488 e. The van der Waals surface area contributed by atoms with Gasteiger partial charge in [0.05, 0.1) is 21.6 Å². The molecular formula is C19H21N3O5S. The number of primary amides is 1. The Balaban J connectivity index is 1.85. The summed E-state index contributed by atoms with van der Waals surface area (Å²) in [6.45, 7) is 3.69. The number of ether oxygens (including phenoxy) is 1. The third-order valence-electron chi connectivity index (χ3n) is 4.34. The maximum absolute atomic E-state index is 12.7. The van der Waals surface area contributed by atoms with Crippen molar-refractivity contribution in [3.63, 3.8) is 0 Å². The lowest BCUT2D eigenvalue weighted by Crippen LogP contribution is -2.45. The number of benzene rings is 1. The Labute approximate surface area is 165 Å². The number of rotatable bonds is 8. The first-order valence-electron chi connectivity index (χ1n) is 8.66. The summed E-state index contributed by atoms with van der Waals surface area (Å²) in [6, 6.07) is 4.26. The molecule has 0 saturated heterocycles. The van der Waals surface area contributed by atoms with Gasteiger partial charge in [-0.3, -0.25) is 9.59 Å². The minimum absolute atomic E-state index is 0.0401. The summed E-state index contributed by atoms with van der Waals surface area (Å²) in [5.41, 5.74) is 8.81. The van der Waals surface area contributed by atoms with Crippen molar-refractivity contribution in [1.29, 1.82) is 0 Å². The monoisotopic (exact) mass is 403 g/mol. The minimum atomic E-state index is -0.962. The van der Waals surface area contributed by atoms with Crippen LogP contribution < -0.4 is 15.8 Å². The van der Waals surface area contributed by atoms with Gasteiger partial charge >= 0.3 is 0 Å². The Morgan fingerprint density at radius 3 is 2.82 bits per heavy atom. The lowest BCUT2D eigenvalue weighted by molar-refractivity contribution is -0.120. The number of aliphatic hydroxyl groups excluding tert-OH is 1. The molecule has 28 heavy (non-hydrogen) atoms. The van der Waals surface area contributed by atoms with Crippen molar-refractivity contribution in [2.45, 2.75) is 32.9 Å². The summed E-state index contributed by atoms with van der Waals surface area (Å²) in [7, 11) is 0. The second-order valence-electron chi connectivity index (χ2n) is 6.28. The third kappa shape index (κ3) is 4.15. The number of aliphatic hydroxyl groups is 1. The average molecular weight is 403 g/mol. The van der Waals surface area contributed by atoms with Gasteiger partial charge in [0.15, 0.2) is 0 Å². The number of carbonyl (C=O) groups excluding carboxylic acids is 2. The van der Waals surface area contributed by atoms with Gasteiger partial charge in [-0.05, 0) is 38.5 Å².